The summed E-state index contributed by atoms with van der Waals surface area (Å²) in [5.41, 5.74) is 4.81. The number of thiazole rings is 1. The number of aryl methyl sites for hydroxylation is 1. The molecule has 0 unspecified atom stereocenters. The van der Waals surface area contributed by atoms with Crippen molar-refractivity contribution < 1.29 is 9.90 Å². The van der Waals surface area contributed by atoms with E-state index in [1.165, 1.54) is 11.3 Å². The maximum absolute atomic E-state index is 12.1. The number of aliphatic hydroxyl groups is 1. The van der Waals surface area contributed by atoms with Gasteiger partial charge in [-0.05, 0) is 30.7 Å². The van der Waals surface area contributed by atoms with E-state index >= 15 is 0 Å². The molecule has 1 aromatic heterocycles. The monoisotopic (exact) mass is 286 g/mol. The Kier molecular flexibility index (Phi) is 4.88. The number of carbonyl (C=O) groups excluding carboxylic acids is 1. The van der Waals surface area contributed by atoms with Gasteiger partial charge in [-0.1, -0.05) is 11.8 Å². The molecule has 1 heterocycles. The topological polar surface area (TPSA) is 62.2 Å². The van der Waals surface area contributed by atoms with E-state index in [-0.39, 0.29) is 12.5 Å². The summed E-state index contributed by atoms with van der Waals surface area (Å²) in [6.07, 6.45) is 0. The lowest BCUT2D eigenvalue weighted by Crippen LogP contribution is -2.23. The Morgan fingerprint density at radius 2 is 2.30 bits per heavy atom. The molecule has 1 amide bonds. The van der Waals surface area contributed by atoms with Crippen LogP contribution in [0.3, 0.4) is 0 Å². The van der Waals surface area contributed by atoms with Crippen LogP contribution in [-0.2, 0) is 6.54 Å². The average molecular weight is 286 g/mol. The van der Waals surface area contributed by atoms with Crippen molar-refractivity contribution in [1.29, 1.82) is 0 Å². The van der Waals surface area contributed by atoms with Crippen LogP contribution >= 0.6 is 11.3 Å². The molecule has 0 atom stereocenters. The number of carbonyl (C=O) groups is 1. The smallest absolute Gasteiger partial charge is 0.251 e. The normalized spacial score (nSPS) is 9.70. The fourth-order valence-corrected chi connectivity index (χ4v) is 2.28. The number of amides is 1. The quantitative estimate of drug-likeness (QED) is 0.845. The van der Waals surface area contributed by atoms with Crippen molar-refractivity contribution in [2.24, 2.45) is 0 Å². The SMILES string of the molecule is Cc1cc(C#CCO)cc(C(=O)NCc2cscn2)c1. The highest BCUT2D eigenvalue weighted by Crippen LogP contribution is 2.09. The summed E-state index contributed by atoms with van der Waals surface area (Å²) in [6, 6.07) is 5.40. The minimum atomic E-state index is -0.195. The molecule has 0 aliphatic rings. The summed E-state index contributed by atoms with van der Waals surface area (Å²) in [7, 11) is 0. The van der Waals surface area contributed by atoms with Crippen LogP contribution in [0.1, 0.15) is 27.2 Å². The van der Waals surface area contributed by atoms with Crippen molar-refractivity contribution in [3.8, 4) is 11.8 Å². The second kappa shape index (κ2) is 6.85. The lowest BCUT2D eigenvalue weighted by molar-refractivity contribution is 0.0950. The zero-order valence-electron chi connectivity index (χ0n) is 11.0. The molecular weight excluding hydrogens is 272 g/mol. The number of nitrogens with one attached hydrogen (secondary N) is 1. The maximum atomic E-state index is 12.1. The lowest BCUT2D eigenvalue weighted by Gasteiger charge is -2.05. The first-order chi connectivity index (χ1) is 9.69. The van der Waals surface area contributed by atoms with E-state index in [4.69, 9.17) is 5.11 Å². The van der Waals surface area contributed by atoms with Gasteiger partial charge in [-0.3, -0.25) is 4.79 Å². The number of aliphatic hydroxyl groups excluding tert-OH is 1. The number of rotatable bonds is 3. The predicted molar refractivity (Wildman–Crippen MR) is 78.4 cm³/mol. The number of benzene rings is 1. The minimum Gasteiger partial charge on any atom is -0.384 e. The van der Waals surface area contributed by atoms with Gasteiger partial charge in [-0.25, -0.2) is 4.98 Å². The van der Waals surface area contributed by atoms with Crippen LogP contribution in [-0.4, -0.2) is 22.6 Å². The van der Waals surface area contributed by atoms with Crippen molar-refractivity contribution in [3.63, 3.8) is 0 Å². The van der Waals surface area contributed by atoms with Crippen LogP contribution in [0.4, 0.5) is 0 Å². The summed E-state index contributed by atoms with van der Waals surface area (Å²) in [6.45, 7) is 2.12. The zero-order valence-corrected chi connectivity index (χ0v) is 11.8. The zero-order chi connectivity index (χ0) is 14.4. The van der Waals surface area contributed by atoms with Crippen LogP contribution in [0, 0.1) is 18.8 Å². The van der Waals surface area contributed by atoms with Crippen LogP contribution in [0.25, 0.3) is 0 Å². The van der Waals surface area contributed by atoms with Crippen LogP contribution < -0.4 is 5.32 Å². The predicted octanol–water partition coefficient (Wildman–Crippen LogP) is 1.73. The molecule has 0 saturated carbocycles. The Balaban J connectivity index is 2.10. The molecule has 20 heavy (non-hydrogen) atoms. The fraction of sp³-hybridized carbons (Fsp3) is 0.200. The van der Waals surface area contributed by atoms with Gasteiger partial charge in [-0.2, -0.15) is 0 Å². The van der Waals surface area contributed by atoms with Gasteiger partial charge in [0.05, 0.1) is 17.7 Å². The molecule has 5 heteroatoms. The van der Waals surface area contributed by atoms with E-state index in [1.807, 2.05) is 18.4 Å². The van der Waals surface area contributed by atoms with Gasteiger partial charge >= 0.3 is 0 Å². The average Bonchev–Trinajstić information content (AvgIpc) is 2.95. The number of hydrogen-bond acceptors (Lipinski definition) is 4. The maximum Gasteiger partial charge on any atom is 0.251 e. The molecule has 0 bridgehead atoms. The third-order valence-corrected chi connectivity index (χ3v) is 3.20. The summed E-state index contributed by atoms with van der Waals surface area (Å²) in [5, 5.41) is 13.4. The molecule has 102 valence electrons. The molecule has 2 N–H and O–H groups in total. The van der Waals surface area contributed by atoms with Crippen LogP contribution in [0.15, 0.2) is 29.1 Å². The molecule has 0 saturated heterocycles. The number of aromatic nitrogens is 1. The minimum absolute atomic E-state index is 0.159. The van der Waals surface area contributed by atoms with Gasteiger partial charge < -0.3 is 10.4 Å². The van der Waals surface area contributed by atoms with Crippen molar-refractivity contribution in [2.75, 3.05) is 6.61 Å². The van der Waals surface area contributed by atoms with Crippen molar-refractivity contribution in [1.82, 2.24) is 10.3 Å². The molecule has 0 aliphatic carbocycles. The summed E-state index contributed by atoms with van der Waals surface area (Å²) >= 11 is 1.50. The standard InChI is InChI=1S/C15H14N2O2S/c1-11-5-12(3-2-4-18)7-13(6-11)15(19)16-8-14-9-20-10-17-14/h5-7,9-10,18H,4,8H2,1H3,(H,16,19). The lowest BCUT2D eigenvalue weighted by atomic mass is 10.1. The first kappa shape index (κ1) is 14.3. The molecular formula is C15H14N2O2S. The van der Waals surface area contributed by atoms with Crippen LogP contribution in [0.2, 0.25) is 0 Å². The Morgan fingerprint density at radius 1 is 1.45 bits per heavy atom. The molecule has 2 rings (SSSR count). The van der Waals surface area contributed by atoms with Gasteiger partial charge in [0.2, 0.25) is 0 Å². The van der Waals surface area contributed by atoms with Crippen molar-refractivity contribution >= 4 is 17.2 Å². The molecule has 0 aliphatic heterocycles. The van der Waals surface area contributed by atoms with E-state index in [2.05, 4.69) is 22.1 Å². The summed E-state index contributed by atoms with van der Waals surface area (Å²) in [4.78, 5) is 16.2. The van der Waals surface area contributed by atoms with Gasteiger partial charge in [0.25, 0.3) is 5.91 Å². The molecule has 0 radical (unpaired) electrons. The van der Waals surface area contributed by atoms with Gasteiger partial charge in [0.15, 0.2) is 0 Å². The highest BCUT2D eigenvalue weighted by Gasteiger charge is 2.07. The molecule has 0 spiro atoms. The van der Waals surface area contributed by atoms with E-state index in [0.29, 0.717) is 12.1 Å². The molecule has 0 fully saturated rings. The van der Waals surface area contributed by atoms with Gasteiger partial charge in [-0.15, -0.1) is 11.3 Å². The Labute approximate surface area is 121 Å². The summed E-state index contributed by atoms with van der Waals surface area (Å²) < 4.78 is 0. The fourth-order valence-electron chi connectivity index (χ4n) is 1.73. The Bertz CT molecular complexity index is 654. The highest BCUT2D eigenvalue weighted by molar-refractivity contribution is 7.07. The van der Waals surface area contributed by atoms with Gasteiger partial charge in [0, 0.05) is 16.5 Å². The van der Waals surface area contributed by atoms with Crippen molar-refractivity contribution in [3.05, 3.63) is 51.5 Å². The summed E-state index contributed by atoms with van der Waals surface area (Å²) in [5.74, 6) is 5.23. The van der Waals surface area contributed by atoms with Gasteiger partial charge in [0.1, 0.15) is 6.61 Å². The van der Waals surface area contributed by atoms with E-state index in [1.54, 1.807) is 17.6 Å². The van der Waals surface area contributed by atoms with E-state index < -0.39 is 0 Å². The molecule has 1 aromatic carbocycles. The van der Waals surface area contributed by atoms with Crippen molar-refractivity contribution in [2.45, 2.75) is 13.5 Å². The number of hydrogen-bond donors (Lipinski definition) is 2. The molecule has 4 nitrogen and oxygen atoms in total. The third-order valence-electron chi connectivity index (χ3n) is 2.56. The van der Waals surface area contributed by atoms with E-state index in [0.717, 1.165) is 16.8 Å². The van der Waals surface area contributed by atoms with Crippen LogP contribution in [0.5, 0.6) is 0 Å². The first-order valence-corrected chi connectivity index (χ1v) is 7.00. The van der Waals surface area contributed by atoms with E-state index in [9.17, 15) is 4.79 Å². The second-order valence-corrected chi connectivity index (χ2v) is 4.93. The second-order valence-electron chi connectivity index (χ2n) is 4.21. The third kappa shape index (κ3) is 3.92. The first-order valence-electron chi connectivity index (χ1n) is 6.05. The number of nitrogens with zero attached hydrogens (tertiary/aromatic N) is 1. The largest absolute Gasteiger partial charge is 0.384 e. The molecule has 2 aromatic rings. The Morgan fingerprint density at radius 3 is 3.00 bits per heavy atom. The Hall–Kier alpha value is -2.16. The highest BCUT2D eigenvalue weighted by atomic mass is 32.1.